The fourth-order valence-corrected chi connectivity index (χ4v) is 6.54. The number of ether oxygens (including phenoxy) is 1. The molecule has 0 radical (unpaired) electrons. The molecule has 5 heterocycles. The van der Waals surface area contributed by atoms with E-state index in [4.69, 9.17) is 9.72 Å². The van der Waals surface area contributed by atoms with Crippen LogP contribution in [0.2, 0.25) is 0 Å². The molecule has 0 saturated carbocycles. The molecule has 1 amide bonds. The highest BCUT2D eigenvalue weighted by atomic mass is 19.3. The molecule has 3 atom stereocenters. The van der Waals surface area contributed by atoms with Crippen molar-refractivity contribution in [3.05, 3.63) is 23.5 Å². The van der Waals surface area contributed by atoms with Crippen molar-refractivity contribution in [3.63, 3.8) is 0 Å². The van der Waals surface area contributed by atoms with Gasteiger partial charge in [0.05, 0.1) is 16.8 Å². The summed E-state index contributed by atoms with van der Waals surface area (Å²) < 4.78 is 32.0. The summed E-state index contributed by atoms with van der Waals surface area (Å²) in [5, 5.41) is 11.9. The molecule has 1 aromatic rings. The van der Waals surface area contributed by atoms with Crippen molar-refractivity contribution in [3.8, 4) is 0 Å². The molecular weight excluding hydrogens is 530 g/mol. The van der Waals surface area contributed by atoms with E-state index in [1.165, 1.54) is 30.9 Å². The first-order valence-electron chi connectivity index (χ1n) is 14.9. The van der Waals surface area contributed by atoms with Crippen LogP contribution in [0.3, 0.4) is 0 Å². The van der Waals surface area contributed by atoms with Crippen molar-refractivity contribution in [2.75, 3.05) is 58.2 Å². The van der Waals surface area contributed by atoms with Gasteiger partial charge in [-0.2, -0.15) is 8.78 Å². The maximum Gasteiger partial charge on any atom is 0.314 e. The Labute approximate surface area is 241 Å². The van der Waals surface area contributed by atoms with Crippen LogP contribution >= 0.6 is 0 Å². The number of amides is 1. The summed E-state index contributed by atoms with van der Waals surface area (Å²) in [7, 11) is 1.62. The van der Waals surface area contributed by atoms with Crippen LogP contribution in [0, 0.1) is 11.3 Å². The number of hydrogen-bond donors (Lipinski definition) is 2. The minimum Gasteiger partial charge on any atom is -0.444 e. The van der Waals surface area contributed by atoms with Crippen LogP contribution in [0.1, 0.15) is 69.5 Å². The van der Waals surface area contributed by atoms with E-state index in [1.54, 1.807) is 7.05 Å². The van der Waals surface area contributed by atoms with E-state index in [-0.39, 0.29) is 23.9 Å². The number of anilines is 1. The third kappa shape index (κ3) is 6.48. The van der Waals surface area contributed by atoms with Crippen molar-refractivity contribution < 1.29 is 18.3 Å². The molecule has 5 rings (SSSR count). The second-order valence-corrected chi connectivity index (χ2v) is 12.3. The Morgan fingerprint density at radius 1 is 1.20 bits per heavy atom. The molecule has 226 valence electrons. The monoisotopic (exact) mass is 574 g/mol. The molecule has 12 heteroatoms. The summed E-state index contributed by atoms with van der Waals surface area (Å²) in [6.07, 6.45) is 1.60. The lowest BCUT2D eigenvalue weighted by molar-refractivity contribution is -0.127. The number of pyridine rings is 1. The number of aromatic nitrogens is 1. The zero-order chi connectivity index (χ0) is 29.1. The number of nitrogens with zero attached hydrogens (tertiary/aromatic N) is 6. The minimum atomic E-state index is -2.77. The zero-order valence-corrected chi connectivity index (χ0v) is 24.5. The summed E-state index contributed by atoms with van der Waals surface area (Å²) in [5.74, 6) is -0.292. The lowest BCUT2D eigenvalue weighted by Crippen LogP contribution is -2.43. The molecule has 4 aliphatic heterocycles. The number of halogens is 2. The molecular formula is C29H44F2N8O2. The van der Waals surface area contributed by atoms with Gasteiger partial charge in [0.2, 0.25) is 12.1 Å². The van der Waals surface area contributed by atoms with E-state index in [0.717, 1.165) is 63.4 Å². The van der Waals surface area contributed by atoms with Gasteiger partial charge in [-0.1, -0.05) is 13.8 Å². The lowest BCUT2D eigenvalue weighted by Gasteiger charge is -2.37. The van der Waals surface area contributed by atoms with Gasteiger partial charge in [-0.3, -0.25) is 14.8 Å². The average Bonchev–Trinajstić information content (AvgIpc) is 3.67. The van der Waals surface area contributed by atoms with Gasteiger partial charge in [0.15, 0.2) is 0 Å². The fraction of sp³-hybridized carbons (Fsp3) is 0.724. The Kier molecular flexibility index (Phi) is 9.08. The number of alkyl halides is 2. The zero-order valence-electron chi connectivity index (χ0n) is 24.5. The number of aliphatic imine (C=N–C) groups is 1. The summed E-state index contributed by atoms with van der Waals surface area (Å²) in [4.78, 5) is 26.6. The van der Waals surface area contributed by atoms with Gasteiger partial charge in [-0.05, 0) is 83.7 Å². The maximum atomic E-state index is 13.3. The van der Waals surface area contributed by atoms with Crippen LogP contribution in [0.15, 0.2) is 22.2 Å². The molecule has 1 aromatic heterocycles. The number of carbonyl (C=O) groups is 1. The highest BCUT2D eigenvalue weighted by molar-refractivity contribution is 5.85. The normalized spacial score (nSPS) is 27.3. The Morgan fingerprint density at radius 2 is 1.93 bits per heavy atom. The molecule has 3 unspecified atom stereocenters. The van der Waals surface area contributed by atoms with Crippen LogP contribution in [0.25, 0.3) is 0 Å². The van der Waals surface area contributed by atoms with E-state index in [9.17, 15) is 13.6 Å². The first-order valence-corrected chi connectivity index (χ1v) is 14.9. The number of hydrogen-bond acceptors (Lipinski definition) is 9. The van der Waals surface area contributed by atoms with E-state index in [2.05, 4.69) is 37.2 Å². The average molecular weight is 575 g/mol. The van der Waals surface area contributed by atoms with Crippen molar-refractivity contribution in [1.82, 2.24) is 25.1 Å². The predicted molar refractivity (Wildman–Crippen MR) is 155 cm³/mol. The third-order valence-electron chi connectivity index (χ3n) is 9.18. The first kappa shape index (κ1) is 29.6. The van der Waals surface area contributed by atoms with Crippen LogP contribution in [-0.4, -0.2) is 104 Å². The quantitative estimate of drug-likeness (QED) is 0.309. The van der Waals surface area contributed by atoms with Gasteiger partial charge in [0.1, 0.15) is 11.9 Å². The van der Waals surface area contributed by atoms with Gasteiger partial charge in [-0.25, -0.2) is 4.98 Å². The topological polar surface area (TPSA) is 97.7 Å². The standard InChI is InChI=1S/C29H44F2N8O2/c1-29(2)20(25(32-3)35-28(29)40)18-39-16-10-19(11-17-39)23-21(33-12-7-15-38-13-5-6-14-38)8-9-22(34-23)27-37(4)36-26(41-27)24(30)31/h8-9,19-20,24-25,27,33H,3,5-7,10-18H2,1-2,4H3,(H,35,40). The molecule has 4 aliphatic rings. The van der Waals surface area contributed by atoms with Gasteiger partial charge >= 0.3 is 6.43 Å². The second kappa shape index (κ2) is 12.6. The van der Waals surface area contributed by atoms with Crippen molar-refractivity contribution >= 4 is 24.2 Å². The van der Waals surface area contributed by atoms with E-state index < -0.39 is 24.0 Å². The number of piperidine rings is 1. The van der Waals surface area contributed by atoms with Crippen molar-refractivity contribution in [1.29, 1.82) is 0 Å². The Hall–Kier alpha value is -2.86. The van der Waals surface area contributed by atoms with Gasteiger partial charge in [-0.15, -0.1) is 5.10 Å². The number of rotatable bonds is 11. The Balaban J connectivity index is 1.27. The molecule has 0 aliphatic carbocycles. The molecule has 0 aromatic carbocycles. The maximum absolute atomic E-state index is 13.3. The largest absolute Gasteiger partial charge is 0.444 e. The summed E-state index contributed by atoms with van der Waals surface area (Å²) in [5.41, 5.74) is 2.02. The number of carbonyl (C=O) groups excluding carboxylic acids is 1. The van der Waals surface area contributed by atoms with E-state index in [1.807, 2.05) is 26.0 Å². The summed E-state index contributed by atoms with van der Waals surface area (Å²) in [6, 6.07) is 3.86. The molecule has 0 spiro atoms. The fourth-order valence-electron chi connectivity index (χ4n) is 6.54. The van der Waals surface area contributed by atoms with E-state index >= 15 is 0 Å². The van der Waals surface area contributed by atoms with Crippen LogP contribution in [0.4, 0.5) is 14.5 Å². The van der Waals surface area contributed by atoms with Gasteiger partial charge in [0.25, 0.3) is 5.90 Å². The smallest absolute Gasteiger partial charge is 0.314 e. The summed E-state index contributed by atoms with van der Waals surface area (Å²) in [6.45, 7) is 14.5. The third-order valence-corrected chi connectivity index (χ3v) is 9.18. The lowest BCUT2D eigenvalue weighted by atomic mass is 9.79. The van der Waals surface area contributed by atoms with Crippen LogP contribution in [-0.2, 0) is 9.53 Å². The molecule has 3 fully saturated rings. The van der Waals surface area contributed by atoms with Crippen molar-refractivity contribution in [2.24, 2.45) is 21.4 Å². The number of hydrazone groups is 1. The predicted octanol–water partition coefficient (Wildman–Crippen LogP) is 3.50. The summed E-state index contributed by atoms with van der Waals surface area (Å²) >= 11 is 0. The SMILES string of the molecule is C=NC1NC(=O)C(C)(C)C1CN1CCC(c2nc(C3OC(C(F)F)=NN3C)ccc2NCCCN2CCCC2)CC1. The molecule has 10 nitrogen and oxygen atoms in total. The highest BCUT2D eigenvalue weighted by Gasteiger charge is 2.49. The highest BCUT2D eigenvalue weighted by Crippen LogP contribution is 2.39. The van der Waals surface area contributed by atoms with E-state index in [0.29, 0.717) is 5.69 Å². The van der Waals surface area contributed by atoms with Gasteiger partial charge < -0.3 is 25.2 Å². The minimum absolute atomic E-state index is 0.0225. The Bertz CT molecular complexity index is 1120. The first-order chi connectivity index (χ1) is 19.7. The number of likely N-dealkylation sites (tertiary alicyclic amines) is 2. The molecule has 0 bridgehead atoms. The van der Waals surface area contributed by atoms with Crippen molar-refractivity contribution in [2.45, 2.75) is 70.7 Å². The molecule has 41 heavy (non-hydrogen) atoms. The Morgan fingerprint density at radius 3 is 2.59 bits per heavy atom. The van der Waals surface area contributed by atoms with Crippen LogP contribution < -0.4 is 10.6 Å². The second-order valence-electron chi connectivity index (χ2n) is 12.3. The number of nitrogens with one attached hydrogen (secondary N) is 2. The van der Waals surface area contributed by atoms with Crippen LogP contribution in [0.5, 0.6) is 0 Å². The molecule has 2 N–H and O–H groups in total. The van der Waals surface area contributed by atoms with Gasteiger partial charge in [0, 0.05) is 32.0 Å². The molecule has 3 saturated heterocycles.